The zero-order valence-electron chi connectivity index (χ0n) is 12.3. The number of halogens is 2. The molecular formula is C16H11Cl2N3O2. The van der Waals surface area contributed by atoms with E-state index in [4.69, 9.17) is 37.9 Å². The molecule has 0 atom stereocenters. The fourth-order valence-corrected chi connectivity index (χ4v) is 2.52. The summed E-state index contributed by atoms with van der Waals surface area (Å²) in [5.74, 6) is 1.04. The summed E-state index contributed by atoms with van der Waals surface area (Å²) >= 11 is 11.9. The number of aliphatic imine (C=N–C) groups is 1. The van der Waals surface area contributed by atoms with Gasteiger partial charge in [0.2, 0.25) is 11.8 Å². The molecule has 0 N–H and O–H groups in total. The first kappa shape index (κ1) is 15.6. The summed E-state index contributed by atoms with van der Waals surface area (Å²) in [4.78, 5) is 8.48. The third-order valence-electron chi connectivity index (χ3n) is 3.04. The number of nitriles is 1. The van der Waals surface area contributed by atoms with Gasteiger partial charge in [0.05, 0.1) is 22.2 Å². The Labute approximate surface area is 143 Å². The van der Waals surface area contributed by atoms with Crippen LogP contribution in [0.4, 0.5) is 0 Å². The molecule has 1 aromatic carbocycles. The van der Waals surface area contributed by atoms with Gasteiger partial charge in [0.15, 0.2) is 5.72 Å². The molecule has 2 heterocycles. The Hall–Kier alpha value is -2.29. The van der Waals surface area contributed by atoms with E-state index in [1.54, 1.807) is 32.0 Å². The molecule has 116 valence electrons. The molecule has 1 aliphatic rings. The van der Waals surface area contributed by atoms with Crippen LogP contribution in [0, 0.1) is 11.3 Å². The summed E-state index contributed by atoms with van der Waals surface area (Å²) in [7, 11) is 0. The van der Waals surface area contributed by atoms with Crippen LogP contribution in [0.25, 0.3) is 0 Å². The van der Waals surface area contributed by atoms with Crippen LogP contribution in [0.15, 0.2) is 35.5 Å². The second-order valence-electron chi connectivity index (χ2n) is 5.33. The lowest BCUT2D eigenvalue weighted by Gasteiger charge is -2.29. The van der Waals surface area contributed by atoms with Crippen LogP contribution in [-0.4, -0.2) is 16.6 Å². The van der Waals surface area contributed by atoms with E-state index in [1.807, 2.05) is 0 Å². The maximum atomic E-state index is 9.07. The van der Waals surface area contributed by atoms with Crippen molar-refractivity contribution in [3.63, 3.8) is 0 Å². The van der Waals surface area contributed by atoms with E-state index in [2.05, 4.69) is 16.0 Å². The number of benzene rings is 1. The summed E-state index contributed by atoms with van der Waals surface area (Å²) in [6, 6.07) is 8.64. The van der Waals surface area contributed by atoms with Crippen molar-refractivity contribution < 1.29 is 9.47 Å². The minimum atomic E-state index is -0.810. The topological polar surface area (TPSA) is 67.5 Å². The predicted molar refractivity (Wildman–Crippen MR) is 87.3 cm³/mol. The van der Waals surface area contributed by atoms with Crippen LogP contribution < -0.4 is 9.47 Å². The lowest BCUT2D eigenvalue weighted by Crippen LogP contribution is -2.34. The molecule has 0 aliphatic carbocycles. The normalized spacial score (nSPS) is 15.0. The summed E-state index contributed by atoms with van der Waals surface area (Å²) < 4.78 is 11.5. The molecule has 7 heteroatoms. The highest BCUT2D eigenvalue weighted by molar-refractivity contribution is 6.35. The highest BCUT2D eigenvalue weighted by Gasteiger charge is 2.30. The van der Waals surface area contributed by atoms with Crippen LogP contribution in [0.5, 0.6) is 11.6 Å². The number of aromatic nitrogens is 1. The van der Waals surface area contributed by atoms with Crippen LogP contribution in [0.1, 0.15) is 25.0 Å². The Morgan fingerprint density at radius 1 is 1.26 bits per heavy atom. The first-order valence-corrected chi connectivity index (χ1v) is 7.46. The van der Waals surface area contributed by atoms with Gasteiger partial charge in [-0.2, -0.15) is 5.26 Å². The fraction of sp³-hybridized carbons (Fsp3) is 0.188. The van der Waals surface area contributed by atoms with Crippen molar-refractivity contribution in [3.05, 3.63) is 51.6 Å². The fourth-order valence-electron chi connectivity index (χ4n) is 2.10. The second kappa shape index (κ2) is 5.73. The summed E-state index contributed by atoms with van der Waals surface area (Å²) in [5, 5.41) is 9.75. The summed E-state index contributed by atoms with van der Waals surface area (Å²) in [6.45, 7) is 3.60. The average Bonchev–Trinajstić information content (AvgIpc) is 2.48. The van der Waals surface area contributed by atoms with Gasteiger partial charge in [-0.05, 0) is 38.1 Å². The van der Waals surface area contributed by atoms with E-state index < -0.39 is 5.72 Å². The van der Waals surface area contributed by atoms with Crippen molar-refractivity contribution >= 4 is 29.1 Å². The third kappa shape index (κ3) is 3.24. The Kier molecular flexibility index (Phi) is 3.88. The molecule has 0 saturated carbocycles. The summed E-state index contributed by atoms with van der Waals surface area (Å²) in [5.41, 5.74) is 0.227. The zero-order valence-corrected chi connectivity index (χ0v) is 13.8. The molecule has 2 aromatic rings. The van der Waals surface area contributed by atoms with E-state index in [9.17, 15) is 0 Å². The van der Waals surface area contributed by atoms with Crippen molar-refractivity contribution in [1.29, 1.82) is 5.26 Å². The van der Waals surface area contributed by atoms with Gasteiger partial charge < -0.3 is 9.47 Å². The van der Waals surface area contributed by atoms with E-state index in [0.29, 0.717) is 21.9 Å². The summed E-state index contributed by atoms with van der Waals surface area (Å²) in [6.07, 6.45) is 1.43. The number of ether oxygens (including phenoxy) is 2. The Morgan fingerprint density at radius 2 is 2.04 bits per heavy atom. The molecule has 0 spiro atoms. The smallest absolute Gasteiger partial charge is 0.240 e. The van der Waals surface area contributed by atoms with Gasteiger partial charge >= 0.3 is 0 Å². The molecule has 0 amide bonds. The van der Waals surface area contributed by atoms with Gasteiger partial charge in [0.1, 0.15) is 10.8 Å². The highest BCUT2D eigenvalue weighted by atomic mass is 35.5. The molecule has 1 aromatic heterocycles. The van der Waals surface area contributed by atoms with Crippen molar-refractivity contribution in [2.45, 2.75) is 19.6 Å². The monoisotopic (exact) mass is 347 g/mol. The predicted octanol–water partition coefficient (Wildman–Crippen LogP) is 4.21. The molecule has 3 rings (SSSR count). The number of hydrogen-bond donors (Lipinski definition) is 0. The molecule has 0 bridgehead atoms. The molecule has 1 aliphatic heterocycles. The first-order chi connectivity index (χ1) is 10.9. The van der Waals surface area contributed by atoms with Crippen LogP contribution >= 0.6 is 23.2 Å². The van der Waals surface area contributed by atoms with E-state index in [-0.39, 0.29) is 16.8 Å². The van der Waals surface area contributed by atoms with E-state index in [1.165, 1.54) is 12.3 Å². The SMILES string of the molecule is CC1(C)N=C(Oc2ncc(Cl)cc2Cl)c2cc(C#N)ccc2O1. The average molecular weight is 348 g/mol. The quantitative estimate of drug-likeness (QED) is 0.774. The molecule has 0 unspecified atom stereocenters. The van der Waals surface area contributed by atoms with Crippen molar-refractivity contribution in [2.75, 3.05) is 0 Å². The molecule has 23 heavy (non-hydrogen) atoms. The molecule has 0 saturated heterocycles. The molecular weight excluding hydrogens is 337 g/mol. The van der Waals surface area contributed by atoms with Gasteiger partial charge in [0.25, 0.3) is 0 Å². The van der Waals surface area contributed by atoms with Crippen LogP contribution in [0.3, 0.4) is 0 Å². The van der Waals surface area contributed by atoms with E-state index in [0.717, 1.165) is 0 Å². The molecule has 0 radical (unpaired) electrons. The van der Waals surface area contributed by atoms with Crippen LogP contribution in [-0.2, 0) is 0 Å². The van der Waals surface area contributed by atoms with Crippen molar-refractivity contribution in [3.8, 4) is 17.7 Å². The van der Waals surface area contributed by atoms with Gasteiger partial charge in [-0.25, -0.2) is 9.98 Å². The highest BCUT2D eigenvalue weighted by Crippen LogP contribution is 2.33. The van der Waals surface area contributed by atoms with E-state index >= 15 is 0 Å². The maximum absolute atomic E-state index is 9.07. The zero-order chi connectivity index (χ0) is 16.6. The number of rotatable bonds is 1. The Morgan fingerprint density at radius 3 is 2.74 bits per heavy atom. The number of nitrogens with zero attached hydrogens (tertiary/aromatic N) is 3. The Bertz CT molecular complexity index is 857. The standard InChI is InChI=1S/C16H11Cl2N3O2/c1-16(2)21-14(22-15-12(18)6-10(17)8-20-15)11-5-9(7-19)3-4-13(11)23-16/h3-6,8H,1-2H3. The molecule has 5 nitrogen and oxygen atoms in total. The van der Waals surface area contributed by atoms with Crippen LogP contribution in [0.2, 0.25) is 10.0 Å². The largest absolute Gasteiger partial charge is 0.466 e. The lowest BCUT2D eigenvalue weighted by atomic mass is 10.1. The van der Waals surface area contributed by atoms with Crippen molar-refractivity contribution in [1.82, 2.24) is 4.98 Å². The number of hydrogen-bond acceptors (Lipinski definition) is 5. The minimum Gasteiger partial charge on any atom is -0.466 e. The number of fused-ring (bicyclic) bond motifs is 1. The first-order valence-electron chi connectivity index (χ1n) is 6.70. The van der Waals surface area contributed by atoms with Gasteiger partial charge in [-0.3, -0.25) is 0 Å². The second-order valence-corrected chi connectivity index (χ2v) is 6.17. The molecule has 0 fully saturated rings. The van der Waals surface area contributed by atoms with Gasteiger partial charge in [0, 0.05) is 6.20 Å². The minimum absolute atomic E-state index is 0.181. The number of pyridine rings is 1. The van der Waals surface area contributed by atoms with Gasteiger partial charge in [-0.15, -0.1) is 0 Å². The van der Waals surface area contributed by atoms with Gasteiger partial charge in [-0.1, -0.05) is 23.2 Å². The van der Waals surface area contributed by atoms with Crippen molar-refractivity contribution in [2.24, 2.45) is 4.99 Å². The third-order valence-corrected chi connectivity index (χ3v) is 3.51. The lowest BCUT2D eigenvalue weighted by molar-refractivity contribution is 0.112. The maximum Gasteiger partial charge on any atom is 0.240 e. The Balaban J connectivity index is 2.06.